The van der Waals surface area contributed by atoms with E-state index >= 15 is 0 Å². The normalized spacial score (nSPS) is 20.3. The maximum Gasteiger partial charge on any atom is 0.290 e. The van der Waals surface area contributed by atoms with Gasteiger partial charge in [0.25, 0.3) is 11.1 Å². The van der Waals surface area contributed by atoms with Crippen LogP contribution in [0.2, 0.25) is 5.02 Å². The average Bonchev–Trinajstić information content (AvgIpc) is 3.06. The number of amides is 3. The summed E-state index contributed by atoms with van der Waals surface area (Å²) in [6.45, 7) is 0.665. The highest BCUT2D eigenvalue weighted by atomic mass is 35.5. The summed E-state index contributed by atoms with van der Waals surface area (Å²) < 4.78 is 11.2. The van der Waals surface area contributed by atoms with Gasteiger partial charge in [0.1, 0.15) is 18.1 Å². The van der Waals surface area contributed by atoms with Crippen LogP contribution in [-0.4, -0.2) is 48.3 Å². The zero-order chi connectivity index (χ0) is 22.0. The van der Waals surface area contributed by atoms with Crippen LogP contribution >= 0.6 is 23.4 Å². The van der Waals surface area contributed by atoms with Crippen LogP contribution in [0.5, 0.6) is 11.5 Å². The largest absolute Gasteiger partial charge is 0.457 e. The second-order valence-corrected chi connectivity index (χ2v) is 8.58. The summed E-state index contributed by atoms with van der Waals surface area (Å²) in [6, 6.07) is 12.8. The van der Waals surface area contributed by atoms with Gasteiger partial charge in [-0.1, -0.05) is 23.7 Å². The van der Waals surface area contributed by atoms with Crippen LogP contribution in [-0.2, 0) is 20.7 Å². The molecule has 1 atom stereocenters. The second kappa shape index (κ2) is 9.13. The summed E-state index contributed by atoms with van der Waals surface area (Å²) in [6.07, 6.45) is 2.27. The average molecular weight is 459 g/mol. The van der Waals surface area contributed by atoms with Crippen molar-refractivity contribution in [2.24, 2.45) is 0 Å². The predicted molar refractivity (Wildman–Crippen MR) is 118 cm³/mol. The highest BCUT2D eigenvalue weighted by Gasteiger charge is 2.26. The Morgan fingerprint density at radius 2 is 1.94 bits per heavy atom. The lowest BCUT2D eigenvalue weighted by Crippen LogP contribution is -2.47. The van der Waals surface area contributed by atoms with Crippen molar-refractivity contribution in [3.05, 3.63) is 63.5 Å². The van der Waals surface area contributed by atoms with Gasteiger partial charge in [0.05, 0.1) is 22.6 Å². The highest BCUT2D eigenvalue weighted by molar-refractivity contribution is 8.18. The van der Waals surface area contributed by atoms with E-state index in [0.29, 0.717) is 40.0 Å². The van der Waals surface area contributed by atoms with E-state index in [4.69, 9.17) is 21.1 Å². The third-order valence-electron chi connectivity index (χ3n) is 5.01. The molecule has 2 heterocycles. The quantitative estimate of drug-likeness (QED) is 0.685. The van der Waals surface area contributed by atoms with Crippen molar-refractivity contribution in [3.63, 3.8) is 0 Å². The SMILES string of the molecule is CN1C(=O)COCC1Cc1ccc(Oc2ccc(/C=C3\SC(=O)NC3=O)c(Cl)c2)cc1. The molecule has 2 saturated heterocycles. The number of halogens is 1. The molecule has 0 aliphatic carbocycles. The molecule has 2 aromatic rings. The first-order chi connectivity index (χ1) is 14.9. The first-order valence-electron chi connectivity index (χ1n) is 9.53. The molecule has 160 valence electrons. The number of nitrogens with one attached hydrogen (secondary N) is 1. The molecule has 2 aromatic carbocycles. The first-order valence-corrected chi connectivity index (χ1v) is 10.7. The summed E-state index contributed by atoms with van der Waals surface area (Å²) in [5, 5.41) is 2.21. The van der Waals surface area contributed by atoms with Crippen molar-refractivity contribution in [3.8, 4) is 11.5 Å². The smallest absolute Gasteiger partial charge is 0.290 e. The van der Waals surface area contributed by atoms with E-state index in [2.05, 4.69) is 5.32 Å². The Morgan fingerprint density at radius 1 is 1.19 bits per heavy atom. The minimum atomic E-state index is -0.429. The highest BCUT2D eigenvalue weighted by Crippen LogP contribution is 2.31. The number of thioether (sulfide) groups is 1. The predicted octanol–water partition coefficient (Wildman–Crippen LogP) is 3.86. The van der Waals surface area contributed by atoms with Gasteiger partial charge >= 0.3 is 0 Å². The zero-order valence-corrected chi connectivity index (χ0v) is 18.2. The standard InChI is InChI=1S/C22H19ClN2O5S/c1-25-15(11-29-12-20(25)26)8-13-2-5-16(6-3-13)30-17-7-4-14(18(23)10-17)9-19-21(27)24-22(28)31-19/h2-7,9-10,15H,8,11-12H2,1H3,(H,24,27,28)/b19-9-. The molecule has 2 aliphatic rings. The van der Waals surface area contributed by atoms with Gasteiger partial charge in [-0.2, -0.15) is 0 Å². The summed E-state index contributed by atoms with van der Waals surface area (Å²) >= 11 is 7.16. The molecule has 4 rings (SSSR count). The Balaban J connectivity index is 1.41. The first kappa shape index (κ1) is 21.4. The third-order valence-corrected chi connectivity index (χ3v) is 6.15. The van der Waals surface area contributed by atoms with Gasteiger partial charge in [-0.15, -0.1) is 0 Å². The minimum absolute atomic E-state index is 0.00840. The fourth-order valence-corrected chi connectivity index (χ4v) is 4.15. The minimum Gasteiger partial charge on any atom is -0.457 e. The van der Waals surface area contributed by atoms with E-state index in [1.54, 1.807) is 36.2 Å². The van der Waals surface area contributed by atoms with E-state index < -0.39 is 11.1 Å². The van der Waals surface area contributed by atoms with E-state index in [1.165, 1.54) is 0 Å². The number of carbonyl (C=O) groups is 3. The number of carbonyl (C=O) groups excluding carboxylic acids is 3. The molecular formula is C22H19ClN2O5S. The van der Waals surface area contributed by atoms with Crippen molar-refractivity contribution < 1.29 is 23.9 Å². The molecule has 1 N–H and O–H groups in total. The van der Waals surface area contributed by atoms with E-state index in [0.717, 1.165) is 17.3 Å². The van der Waals surface area contributed by atoms with Crippen molar-refractivity contribution in [2.45, 2.75) is 12.5 Å². The lowest BCUT2D eigenvalue weighted by Gasteiger charge is -2.32. The molecule has 0 spiro atoms. The van der Waals surface area contributed by atoms with Crippen molar-refractivity contribution >= 4 is 46.5 Å². The van der Waals surface area contributed by atoms with E-state index in [9.17, 15) is 14.4 Å². The number of imide groups is 1. The molecule has 2 fully saturated rings. The number of rotatable bonds is 5. The Bertz CT molecular complexity index is 1070. The number of hydrogen-bond acceptors (Lipinski definition) is 6. The zero-order valence-electron chi connectivity index (χ0n) is 16.6. The summed E-state index contributed by atoms with van der Waals surface area (Å²) in [5.41, 5.74) is 1.69. The number of morpholine rings is 1. The molecular weight excluding hydrogens is 440 g/mol. The van der Waals surface area contributed by atoms with Crippen molar-refractivity contribution in [2.75, 3.05) is 20.3 Å². The molecule has 31 heavy (non-hydrogen) atoms. The third kappa shape index (κ3) is 5.10. The van der Waals surface area contributed by atoms with E-state index in [1.807, 2.05) is 24.3 Å². The second-order valence-electron chi connectivity index (χ2n) is 7.16. The lowest BCUT2D eigenvalue weighted by molar-refractivity contribution is -0.145. The summed E-state index contributed by atoms with van der Waals surface area (Å²) in [4.78, 5) is 36.7. The Morgan fingerprint density at radius 3 is 2.61 bits per heavy atom. The van der Waals surface area contributed by atoms with Gasteiger partial charge in [0.15, 0.2) is 0 Å². The fraction of sp³-hybridized carbons (Fsp3) is 0.227. The van der Waals surface area contributed by atoms with Crippen LogP contribution in [0.15, 0.2) is 47.4 Å². The topological polar surface area (TPSA) is 84.9 Å². The monoisotopic (exact) mass is 458 g/mol. The van der Waals surface area contributed by atoms with Crippen LogP contribution in [0.4, 0.5) is 4.79 Å². The van der Waals surface area contributed by atoms with Gasteiger partial charge in [-0.3, -0.25) is 19.7 Å². The van der Waals surface area contributed by atoms with Crippen molar-refractivity contribution in [1.29, 1.82) is 0 Å². The van der Waals surface area contributed by atoms with Crippen molar-refractivity contribution in [1.82, 2.24) is 10.2 Å². The Hall–Kier alpha value is -2.81. The molecule has 0 aromatic heterocycles. The Labute approximate surface area is 188 Å². The summed E-state index contributed by atoms with van der Waals surface area (Å²) in [5.74, 6) is 0.754. The fourth-order valence-electron chi connectivity index (χ4n) is 3.25. The Kier molecular flexibility index (Phi) is 6.31. The van der Waals surface area contributed by atoms with E-state index in [-0.39, 0.29) is 18.6 Å². The van der Waals surface area contributed by atoms with Gasteiger partial charge in [0.2, 0.25) is 5.91 Å². The maximum absolute atomic E-state index is 11.8. The molecule has 0 bridgehead atoms. The maximum atomic E-state index is 11.8. The number of nitrogens with zero attached hydrogens (tertiary/aromatic N) is 1. The van der Waals surface area contributed by atoms with Gasteiger partial charge < -0.3 is 14.4 Å². The van der Waals surface area contributed by atoms with Crippen LogP contribution in [0.1, 0.15) is 11.1 Å². The molecule has 9 heteroatoms. The van der Waals surface area contributed by atoms with Crippen LogP contribution in [0.25, 0.3) is 6.08 Å². The van der Waals surface area contributed by atoms with Gasteiger partial charge in [-0.05, 0) is 65.7 Å². The van der Waals surface area contributed by atoms with Crippen LogP contribution in [0, 0.1) is 0 Å². The van der Waals surface area contributed by atoms with Crippen LogP contribution in [0.3, 0.4) is 0 Å². The molecule has 2 aliphatic heterocycles. The van der Waals surface area contributed by atoms with Crippen LogP contribution < -0.4 is 10.1 Å². The van der Waals surface area contributed by atoms with Gasteiger partial charge in [-0.25, -0.2) is 0 Å². The summed E-state index contributed by atoms with van der Waals surface area (Å²) in [7, 11) is 1.80. The van der Waals surface area contributed by atoms with Gasteiger partial charge in [0, 0.05) is 7.05 Å². The number of likely N-dealkylation sites (N-methyl/N-ethyl adjacent to an activating group) is 1. The molecule has 3 amide bonds. The lowest BCUT2D eigenvalue weighted by atomic mass is 10.0. The molecule has 7 nitrogen and oxygen atoms in total. The molecule has 1 unspecified atom stereocenters. The number of ether oxygens (including phenoxy) is 2. The number of benzene rings is 2. The molecule has 0 saturated carbocycles. The molecule has 0 radical (unpaired) electrons. The number of hydrogen-bond donors (Lipinski definition) is 1.